The van der Waals surface area contributed by atoms with Crippen molar-refractivity contribution in [1.82, 2.24) is 9.97 Å². The quantitative estimate of drug-likeness (QED) is 0.494. The van der Waals surface area contributed by atoms with E-state index in [0.29, 0.717) is 12.4 Å². The molecule has 0 fully saturated rings. The molecule has 0 aliphatic rings. The minimum atomic E-state index is 0.548. The highest BCUT2D eigenvalue weighted by Gasteiger charge is 1.91. The number of aliphatic imine (C=N–C) groups is 1. The standard InChI is InChI=1S/C7H12N4/c1-2-6(8)11-5-7-9-3-4-10-7/h3-4H,2,5H2,1H3,(H2,8,11)(H,9,10). The predicted molar refractivity (Wildman–Crippen MR) is 44.2 cm³/mol. The lowest BCUT2D eigenvalue weighted by Gasteiger charge is -1.93. The van der Waals surface area contributed by atoms with E-state index < -0.39 is 0 Å². The number of aromatic amines is 1. The molecule has 0 aliphatic carbocycles. The molecule has 0 unspecified atom stereocenters. The molecule has 0 aliphatic heterocycles. The lowest BCUT2D eigenvalue weighted by molar-refractivity contribution is 0.938. The third-order valence-corrected chi connectivity index (χ3v) is 1.35. The summed E-state index contributed by atoms with van der Waals surface area (Å²) in [6, 6.07) is 0. The van der Waals surface area contributed by atoms with Crippen LogP contribution in [0.4, 0.5) is 0 Å². The van der Waals surface area contributed by atoms with Crippen LogP contribution in [0.25, 0.3) is 0 Å². The van der Waals surface area contributed by atoms with Crippen molar-refractivity contribution in [3.63, 3.8) is 0 Å². The minimum absolute atomic E-state index is 0.548. The second kappa shape index (κ2) is 3.75. The van der Waals surface area contributed by atoms with Crippen LogP contribution in [0.3, 0.4) is 0 Å². The highest BCUT2D eigenvalue weighted by molar-refractivity contribution is 5.79. The van der Waals surface area contributed by atoms with E-state index in [-0.39, 0.29) is 0 Å². The summed E-state index contributed by atoms with van der Waals surface area (Å²) in [7, 11) is 0. The number of nitrogens with one attached hydrogen (secondary N) is 1. The number of rotatable bonds is 3. The fraction of sp³-hybridized carbons (Fsp3) is 0.429. The van der Waals surface area contributed by atoms with Gasteiger partial charge in [0.25, 0.3) is 0 Å². The number of hydrogen-bond donors (Lipinski definition) is 2. The maximum absolute atomic E-state index is 5.50. The smallest absolute Gasteiger partial charge is 0.127 e. The monoisotopic (exact) mass is 152 g/mol. The van der Waals surface area contributed by atoms with Crippen molar-refractivity contribution in [2.24, 2.45) is 10.7 Å². The molecule has 1 heterocycles. The normalized spacial score (nSPS) is 11.9. The van der Waals surface area contributed by atoms with E-state index in [9.17, 15) is 0 Å². The number of hydrogen-bond acceptors (Lipinski definition) is 2. The molecule has 0 bridgehead atoms. The van der Waals surface area contributed by atoms with Crippen LogP contribution in [-0.4, -0.2) is 15.8 Å². The summed E-state index contributed by atoms with van der Waals surface area (Å²) >= 11 is 0. The highest BCUT2D eigenvalue weighted by Crippen LogP contribution is 1.91. The second-order valence-corrected chi connectivity index (χ2v) is 2.20. The average Bonchev–Trinajstić information content (AvgIpc) is 2.52. The van der Waals surface area contributed by atoms with E-state index >= 15 is 0 Å². The van der Waals surface area contributed by atoms with Crippen LogP contribution < -0.4 is 5.73 Å². The molecule has 0 aromatic carbocycles. The van der Waals surface area contributed by atoms with Crippen molar-refractivity contribution in [2.75, 3.05) is 0 Å². The average molecular weight is 152 g/mol. The molecular weight excluding hydrogens is 140 g/mol. The van der Waals surface area contributed by atoms with Crippen molar-refractivity contribution < 1.29 is 0 Å². The molecule has 60 valence electrons. The van der Waals surface area contributed by atoms with Crippen LogP contribution in [0.1, 0.15) is 19.2 Å². The van der Waals surface area contributed by atoms with E-state index in [1.807, 2.05) is 6.92 Å². The first kappa shape index (κ1) is 7.78. The number of aromatic nitrogens is 2. The lowest BCUT2D eigenvalue weighted by atomic mass is 10.4. The maximum atomic E-state index is 5.50. The van der Waals surface area contributed by atoms with Gasteiger partial charge in [0.05, 0.1) is 12.4 Å². The van der Waals surface area contributed by atoms with Crippen LogP contribution in [0.2, 0.25) is 0 Å². The Kier molecular flexibility index (Phi) is 2.66. The number of amidine groups is 1. The minimum Gasteiger partial charge on any atom is -0.387 e. The molecule has 0 saturated carbocycles. The van der Waals surface area contributed by atoms with Crippen molar-refractivity contribution in [1.29, 1.82) is 0 Å². The van der Waals surface area contributed by atoms with Crippen LogP contribution >= 0.6 is 0 Å². The first-order valence-corrected chi connectivity index (χ1v) is 3.60. The Morgan fingerprint density at radius 2 is 2.64 bits per heavy atom. The van der Waals surface area contributed by atoms with E-state index in [0.717, 1.165) is 12.2 Å². The summed E-state index contributed by atoms with van der Waals surface area (Å²) in [5.74, 6) is 1.52. The van der Waals surface area contributed by atoms with Crippen LogP contribution in [0, 0.1) is 0 Å². The third-order valence-electron chi connectivity index (χ3n) is 1.35. The zero-order valence-corrected chi connectivity index (χ0v) is 6.54. The Bertz CT molecular complexity index is 225. The summed E-state index contributed by atoms with van der Waals surface area (Å²) in [5, 5.41) is 0. The van der Waals surface area contributed by atoms with Crippen LogP contribution in [-0.2, 0) is 6.54 Å². The van der Waals surface area contributed by atoms with E-state index in [1.54, 1.807) is 12.4 Å². The van der Waals surface area contributed by atoms with Crippen LogP contribution in [0.5, 0.6) is 0 Å². The predicted octanol–water partition coefficient (Wildman–Crippen LogP) is 0.677. The van der Waals surface area contributed by atoms with Gasteiger partial charge in [-0.25, -0.2) is 4.98 Å². The molecule has 0 radical (unpaired) electrons. The summed E-state index contributed by atoms with van der Waals surface area (Å²) < 4.78 is 0. The molecule has 0 amide bonds. The fourth-order valence-corrected chi connectivity index (χ4v) is 0.673. The Morgan fingerprint density at radius 1 is 1.82 bits per heavy atom. The number of imidazole rings is 1. The van der Waals surface area contributed by atoms with Crippen molar-refractivity contribution >= 4 is 5.84 Å². The molecule has 4 heteroatoms. The van der Waals surface area contributed by atoms with Gasteiger partial charge in [0, 0.05) is 18.8 Å². The van der Waals surface area contributed by atoms with Gasteiger partial charge in [-0.1, -0.05) is 6.92 Å². The van der Waals surface area contributed by atoms with Gasteiger partial charge in [-0.05, 0) is 0 Å². The summed E-state index contributed by atoms with van der Waals surface area (Å²) in [6.07, 6.45) is 4.26. The van der Waals surface area contributed by atoms with E-state index in [4.69, 9.17) is 5.73 Å². The van der Waals surface area contributed by atoms with Gasteiger partial charge < -0.3 is 10.7 Å². The molecule has 4 nitrogen and oxygen atoms in total. The summed E-state index contributed by atoms with van der Waals surface area (Å²) in [6.45, 7) is 2.52. The molecular formula is C7H12N4. The summed E-state index contributed by atoms with van der Waals surface area (Å²) in [4.78, 5) is 11.0. The largest absolute Gasteiger partial charge is 0.387 e. The molecule has 1 aromatic rings. The first-order valence-electron chi connectivity index (χ1n) is 3.60. The van der Waals surface area contributed by atoms with Gasteiger partial charge >= 0.3 is 0 Å². The second-order valence-electron chi connectivity index (χ2n) is 2.20. The van der Waals surface area contributed by atoms with Gasteiger partial charge in [-0.15, -0.1) is 0 Å². The Balaban J connectivity index is 2.45. The van der Waals surface area contributed by atoms with Crippen molar-refractivity contribution in [2.45, 2.75) is 19.9 Å². The maximum Gasteiger partial charge on any atom is 0.127 e. The topological polar surface area (TPSA) is 67.1 Å². The first-order chi connectivity index (χ1) is 5.33. The number of H-pyrrole nitrogens is 1. The number of nitrogens with zero attached hydrogens (tertiary/aromatic N) is 2. The third kappa shape index (κ3) is 2.41. The zero-order valence-electron chi connectivity index (χ0n) is 6.54. The van der Waals surface area contributed by atoms with E-state index in [1.165, 1.54) is 0 Å². The molecule has 0 atom stereocenters. The van der Waals surface area contributed by atoms with Crippen molar-refractivity contribution in [3.8, 4) is 0 Å². The van der Waals surface area contributed by atoms with Gasteiger partial charge in [0.15, 0.2) is 0 Å². The molecule has 3 N–H and O–H groups in total. The van der Waals surface area contributed by atoms with Gasteiger partial charge in [-0.2, -0.15) is 0 Å². The lowest BCUT2D eigenvalue weighted by Crippen LogP contribution is -2.09. The molecule has 0 spiro atoms. The molecule has 1 rings (SSSR count). The fourth-order valence-electron chi connectivity index (χ4n) is 0.673. The van der Waals surface area contributed by atoms with Gasteiger partial charge in [-0.3, -0.25) is 4.99 Å². The highest BCUT2D eigenvalue weighted by atomic mass is 14.9. The Labute approximate surface area is 65.6 Å². The Hall–Kier alpha value is -1.32. The molecule has 1 aromatic heterocycles. The van der Waals surface area contributed by atoms with Gasteiger partial charge in [0.1, 0.15) is 5.82 Å². The van der Waals surface area contributed by atoms with Crippen LogP contribution in [0.15, 0.2) is 17.4 Å². The van der Waals surface area contributed by atoms with E-state index in [2.05, 4.69) is 15.0 Å². The SMILES string of the molecule is CCC(N)=NCc1ncc[nH]1. The Morgan fingerprint density at radius 3 is 3.18 bits per heavy atom. The number of nitrogens with two attached hydrogens (primary N) is 1. The van der Waals surface area contributed by atoms with Gasteiger partial charge in [0.2, 0.25) is 0 Å². The summed E-state index contributed by atoms with van der Waals surface area (Å²) in [5.41, 5.74) is 5.50. The molecule has 11 heavy (non-hydrogen) atoms. The molecule has 0 saturated heterocycles. The zero-order chi connectivity index (χ0) is 8.10. The van der Waals surface area contributed by atoms with Crippen molar-refractivity contribution in [3.05, 3.63) is 18.2 Å².